The molecule has 2 N–H and O–H groups in total. The predicted octanol–water partition coefficient (Wildman–Crippen LogP) is -0.00710. The lowest BCUT2D eigenvalue weighted by atomic mass is 9.99. The summed E-state index contributed by atoms with van der Waals surface area (Å²) in [6, 6.07) is 0. The molecule has 1 aliphatic rings. The van der Waals surface area contributed by atoms with Crippen molar-refractivity contribution in [1.82, 2.24) is 10.2 Å². The molecule has 0 aliphatic carbocycles. The molecular weight excluding hydrogens is 192 g/mol. The normalized spacial score (nSPS) is 21.4. The largest absolute Gasteiger partial charge is 0.396 e. The maximum absolute atomic E-state index is 11.7. The number of likely N-dealkylation sites (tertiary alicyclic amines) is 1. The molecule has 1 rings (SSSR count). The van der Waals surface area contributed by atoms with Crippen LogP contribution in [0, 0.1) is 5.92 Å². The zero-order valence-electron chi connectivity index (χ0n) is 9.11. The van der Waals surface area contributed by atoms with Crippen LogP contribution in [0.1, 0.15) is 12.8 Å². The van der Waals surface area contributed by atoms with Crippen molar-refractivity contribution >= 4 is 5.91 Å². The van der Waals surface area contributed by atoms with E-state index in [4.69, 9.17) is 5.11 Å². The lowest BCUT2D eigenvalue weighted by Crippen LogP contribution is -2.44. The molecule has 1 aliphatic heterocycles. The molecule has 1 fully saturated rings. The van der Waals surface area contributed by atoms with Gasteiger partial charge in [0.2, 0.25) is 5.91 Å². The van der Waals surface area contributed by atoms with E-state index in [0.29, 0.717) is 19.6 Å². The van der Waals surface area contributed by atoms with Crippen LogP contribution in [0.5, 0.6) is 0 Å². The van der Waals surface area contributed by atoms with Gasteiger partial charge in [0.25, 0.3) is 0 Å². The number of hydrogen-bond donors (Lipinski definition) is 2. The topological polar surface area (TPSA) is 52.6 Å². The fourth-order valence-electron chi connectivity index (χ4n) is 1.83. The van der Waals surface area contributed by atoms with Gasteiger partial charge in [0.1, 0.15) is 0 Å². The van der Waals surface area contributed by atoms with Crippen molar-refractivity contribution in [3.8, 4) is 0 Å². The standard InChI is InChI=1S/C11H20N2O2/c1-2-5-12-7-11(15)13-6-3-4-10(8-13)9-14/h2,10,12,14H,1,3-9H2. The molecule has 0 saturated carbocycles. The van der Waals surface area contributed by atoms with Gasteiger partial charge in [0, 0.05) is 26.2 Å². The maximum Gasteiger partial charge on any atom is 0.236 e. The van der Waals surface area contributed by atoms with Crippen LogP contribution in [-0.2, 0) is 4.79 Å². The van der Waals surface area contributed by atoms with E-state index in [2.05, 4.69) is 11.9 Å². The fourth-order valence-corrected chi connectivity index (χ4v) is 1.83. The maximum atomic E-state index is 11.7. The SMILES string of the molecule is C=CCNCC(=O)N1CCCC(CO)C1. The van der Waals surface area contributed by atoms with E-state index in [1.54, 1.807) is 6.08 Å². The van der Waals surface area contributed by atoms with Crippen molar-refractivity contribution in [3.63, 3.8) is 0 Å². The number of hydrogen-bond acceptors (Lipinski definition) is 3. The minimum absolute atomic E-state index is 0.120. The van der Waals surface area contributed by atoms with Crippen LogP contribution in [0.4, 0.5) is 0 Å². The van der Waals surface area contributed by atoms with E-state index < -0.39 is 0 Å². The average molecular weight is 212 g/mol. The Kier molecular flexibility index (Phi) is 5.36. The molecule has 1 heterocycles. The Morgan fingerprint density at radius 1 is 1.67 bits per heavy atom. The number of amides is 1. The monoisotopic (exact) mass is 212 g/mol. The van der Waals surface area contributed by atoms with Gasteiger partial charge in [-0.25, -0.2) is 0 Å². The van der Waals surface area contributed by atoms with Crippen molar-refractivity contribution in [2.45, 2.75) is 12.8 Å². The van der Waals surface area contributed by atoms with Crippen LogP contribution >= 0.6 is 0 Å². The summed E-state index contributed by atoms with van der Waals surface area (Å²) in [5.41, 5.74) is 0. The van der Waals surface area contributed by atoms with Gasteiger partial charge in [-0.2, -0.15) is 0 Å². The number of aliphatic hydroxyl groups is 1. The van der Waals surface area contributed by atoms with Gasteiger partial charge < -0.3 is 15.3 Å². The van der Waals surface area contributed by atoms with Crippen molar-refractivity contribution in [2.75, 3.05) is 32.8 Å². The minimum Gasteiger partial charge on any atom is -0.396 e. The quantitative estimate of drug-likeness (QED) is 0.498. The first-order valence-corrected chi connectivity index (χ1v) is 5.48. The number of carbonyl (C=O) groups is 1. The van der Waals surface area contributed by atoms with E-state index in [1.807, 2.05) is 4.90 Å². The summed E-state index contributed by atoms with van der Waals surface area (Å²) < 4.78 is 0. The molecule has 15 heavy (non-hydrogen) atoms. The zero-order chi connectivity index (χ0) is 11.1. The molecule has 4 heteroatoms. The number of aliphatic hydroxyl groups excluding tert-OH is 1. The summed E-state index contributed by atoms with van der Waals surface area (Å²) in [5, 5.41) is 12.0. The number of nitrogens with one attached hydrogen (secondary N) is 1. The Morgan fingerprint density at radius 3 is 3.13 bits per heavy atom. The van der Waals surface area contributed by atoms with Gasteiger partial charge in [0.15, 0.2) is 0 Å². The number of carbonyl (C=O) groups excluding carboxylic acids is 1. The molecule has 0 radical (unpaired) electrons. The third-order valence-electron chi connectivity index (χ3n) is 2.69. The van der Waals surface area contributed by atoms with Crippen LogP contribution in [0.2, 0.25) is 0 Å². The second kappa shape index (κ2) is 6.58. The Labute approximate surface area is 91.0 Å². The van der Waals surface area contributed by atoms with Gasteiger partial charge in [-0.05, 0) is 18.8 Å². The first kappa shape index (κ1) is 12.2. The third-order valence-corrected chi connectivity index (χ3v) is 2.69. The third kappa shape index (κ3) is 4.01. The molecule has 1 atom stereocenters. The summed E-state index contributed by atoms with van der Waals surface area (Å²) in [6.45, 7) is 6.30. The highest BCUT2D eigenvalue weighted by atomic mass is 16.3. The molecule has 4 nitrogen and oxygen atoms in total. The van der Waals surface area contributed by atoms with E-state index in [0.717, 1.165) is 19.4 Å². The lowest BCUT2D eigenvalue weighted by molar-refractivity contribution is -0.132. The minimum atomic E-state index is 0.120. The number of piperidine rings is 1. The van der Waals surface area contributed by atoms with E-state index in [9.17, 15) is 4.79 Å². The van der Waals surface area contributed by atoms with Gasteiger partial charge in [-0.15, -0.1) is 6.58 Å². The molecule has 1 saturated heterocycles. The van der Waals surface area contributed by atoms with E-state index in [-0.39, 0.29) is 18.4 Å². The second-order valence-corrected chi connectivity index (χ2v) is 3.95. The van der Waals surface area contributed by atoms with Gasteiger partial charge in [-0.1, -0.05) is 6.08 Å². The van der Waals surface area contributed by atoms with Crippen molar-refractivity contribution in [2.24, 2.45) is 5.92 Å². The molecule has 86 valence electrons. The van der Waals surface area contributed by atoms with Crippen LogP contribution in [0.15, 0.2) is 12.7 Å². The molecular formula is C11H20N2O2. The summed E-state index contributed by atoms with van der Waals surface area (Å²) in [7, 11) is 0. The zero-order valence-corrected chi connectivity index (χ0v) is 9.11. The highest BCUT2D eigenvalue weighted by molar-refractivity contribution is 5.78. The second-order valence-electron chi connectivity index (χ2n) is 3.95. The Morgan fingerprint density at radius 2 is 2.47 bits per heavy atom. The Balaban J connectivity index is 2.28. The Hall–Kier alpha value is -0.870. The highest BCUT2D eigenvalue weighted by Crippen LogP contribution is 2.15. The predicted molar refractivity (Wildman–Crippen MR) is 59.5 cm³/mol. The van der Waals surface area contributed by atoms with Crippen molar-refractivity contribution in [3.05, 3.63) is 12.7 Å². The van der Waals surface area contributed by atoms with Crippen LogP contribution < -0.4 is 5.32 Å². The summed E-state index contributed by atoms with van der Waals surface area (Å²) in [5.74, 6) is 0.386. The fraction of sp³-hybridized carbons (Fsp3) is 0.727. The van der Waals surface area contributed by atoms with E-state index in [1.165, 1.54) is 0 Å². The van der Waals surface area contributed by atoms with Gasteiger partial charge in [0.05, 0.1) is 6.54 Å². The smallest absolute Gasteiger partial charge is 0.236 e. The average Bonchev–Trinajstić information content (AvgIpc) is 2.29. The Bertz CT molecular complexity index is 219. The van der Waals surface area contributed by atoms with Crippen molar-refractivity contribution in [1.29, 1.82) is 0 Å². The molecule has 0 bridgehead atoms. The summed E-state index contributed by atoms with van der Waals surface area (Å²) in [6.07, 6.45) is 3.76. The number of nitrogens with zero attached hydrogens (tertiary/aromatic N) is 1. The summed E-state index contributed by atoms with van der Waals surface area (Å²) >= 11 is 0. The van der Waals surface area contributed by atoms with E-state index >= 15 is 0 Å². The summed E-state index contributed by atoms with van der Waals surface area (Å²) in [4.78, 5) is 13.5. The highest BCUT2D eigenvalue weighted by Gasteiger charge is 2.22. The van der Waals surface area contributed by atoms with Crippen LogP contribution in [-0.4, -0.2) is 48.7 Å². The molecule has 0 aromatic rings. The van der Waals surface area contributed by atoms with Gasteiger partial charge >= 0.3 is 0 Å². The van der Waals surface area contributed by atoms with Crippen LogP contribution in [0.25, 0.3) is 0 Å². The molecule has 0 spiro atoms. The van der Waals surface area contributed by atoms with Gasteiger partial charge in [-0.3, -0.25) is 4.79 Å². The lowest BCUT2D eigenvalue weighted by Gasteiger charge is -2.31. The molecule has 1 unspecified atom stereocenters. The molecule has 1 amide bonds. The molecule has 0 aromatic heterocycles. The van der Waals surface area contributed by atoms with Crippen LogP contribution in [0.3, 0.4) is 0 Å². The molecule has 0 aromatic carbocycles. The first-order valence-electron chi connectivity index (χ1n) is 5.48. The van der Waals surface area contributed by atoms with Crippen molar-refractivity contribution < 1.29 is 9.90 Å². The first-order chi connectivity index (χ1) is 7.27. The number of rotatable bonds is 5.